The van der Waals surface area contributed by atoms with Crippen LogP contribution in [-0.2, 0) is 18.3 Å². The average molecular weight is 380 g/mol. The van der Waals surface area contributed by atoms with Crippen molar-refractivity contribution in [3.63, 3.8) is 0 Å². The Hall–Kier alpha value is -1.95. The summed E-state index contributed by atoms with van der Waals surface area (Å²) in [6.45, 7) is 10.9. The molecule has 1 atom stereocenters. The van der Waals surface area contributed by atoms with E-state index < -0.39 is 8.07 Å². The summed E-state index contributed by atoms with van der Waals surface area (Å²) in [5.41, 5.74) is 4.86. The van der Waals surface area contributed by atoms with Crippen molar-refractivity contribution in [1.82, 2.24) is 14.5 Å². The van der Waals surface area contributed by atoms with E-state index in [-0.39, 0.29) is 6.10 Å². The van der Waals surface area contributed by atoms with Crippen LogP contribution in [0.4, 0.5) is 0 Å². The zero-order valence-corrected chi connectivity index (χ0v) is 17.8. The highest BCUT2D eigenvalue weighted by Crippen LogP contribution is 2.26. The molecule has 1 aromatic heterocycles. The largest absolute Gasteiger partial charge is 0.371 e. The Kier molecular flexibility index (Phi) is 4.93. The fourth-order valence-electron chi connectivity index (χ4n) is 3.79. The Morgan fingerprint density at radius 1 is 1.15 bits per heavy atom. The molecule has 0 spiro atoms. The van der Waals surface area contributed by atoms with Gasteiger partial charge in [-0.1, -0.05) is 30.3 Å². The van der Waals surface area contributed by atoms with Gasteiger partial charge in [-0.3, -0.25) is 4.90 Å². The molecule has 2 aromatic carbocycles. The molecule has 0 saturated carbocycles. The van der Waals surface area contributed by atoms with E-state index in [9.17, 15) is 0 Å². The second kappa shape index (κ2) is 7.22. The van der Waals surface area contributed by atoms with Gasteiger partial charge in [-0.05, 0) is 23.3 Å². The Bertz CT molecular complexity index is 944. The van der Waals surface area contributed by atoms with E-state index >= 15 is 0 Å². The molecule has 0 N–H and O–H groups in total. The van der Waals surface area contributed by atoms with Crippen LogP contribution in [0.2, 0.25) is 19.6 Å². The standard InChI is InChI=1S/C22H29N3OSi/c1-24-16-23-20-9-8-18(13-21(20)24)22-15-25(10-11-26-22)14-17-6-5-7-19(12-17)27(2,3)4/h5-9,12-13,16,22H,10-11,14-15H2,1-4H3/q-1/t22-/m1/s1. The maximum absolute atomic E-state index is 6.11. The van der Waals surface area contributed by atoms with Gasteiger partial charge in [0.05, 0.1) is 30.1 Å². The third-order valence-electron chi connectivity index (χ3n) is 5.47. The highest BCUT2D eigenvalue weighted by molar-refractivity contribution is 6.88. The molecule has 0 bridgehead atoms. The molecule has 4 rings (SSSR count). The summed E-state index contributed by atoms with van der Waals surface area (Å²) >= 11 is 0. The number of morpholine rings is 1. The van der Waals surface area contributed by atoms with Crippen LogP contribution in [0.3, 0.4) is 0 Å². The second-order valence-electron chi connectivity index (χ2n) is 8.65. The molecule has 1 aliphatic heterocycles. The Morgan fingerprint density at radius 2 is 2.00 bits per heavy atom. The molecule has 27 heavy (non-hydrogen) atoms. The smallest absolute Gasteiger partial charge is 0.0955 e. The van der Waals surface area contributed by atoms with Gasteiger partial charge in [0.2, 0.25) is 0 Å². The lowest BCUT2D eigenvalue weighted by molar-refractivity contribution is -0.0328. The van der Waals surface area contributed by atoms with Gasteiger partial charge >= 0.3 is 0 Å². The Morgan fingerprint density at radius 3 is 2.81 bits per heavy atom. The van der Waals surface area contributed by atoms with Crippen molar-refractivity contribution in [3.8, 4) is 0 Å². The van der Waals surface area contributed by atoms with Gasteiger partial charge in [0.25, 0.3) is 0 Å². The summed E-state index contributed by atoms with van der Waals surface area (Å²) in [6.07, 6.45) is 1.99. The zero-order valence-electron chi connectivity index (χ0n) is 16.8. The molecular weight excluding hydrogens is 350 g/mol. The van der Waals surface area contributed by atoms with E-state index in [4.69, 9.17) is 4.74 Å². The lowest BCUT2D eigenvalue weighted by Crippen LogP contribution is -2.39. The summed E-state index contributed by atoms with van der Waals surface area (Å²) in [7, 11) is 0.767. The number of nitrogens with zero attached hydrogens (tertiary/aromatic N) is 3. The Balaban J connectivity index is 1.50. The van der Waals surface area contributed by atoms with Crippen LogP contribution in [0.5, 0.6) is 0 Å². The van der Waals surface area contributed by atoms with Crippen molar-refractivity contribution in [2.24, 2.45) is 7.05 Å². The molecule has 1 aliphatic rings. The average Bonchev–Trinajstić information content (AvgIpc) is 3.02. The van der Waals surface area contributed by atoms with E-state index in [0.29, 0.717) is 0 Å². The van der Waals surface area contributed by atoms with Gasteiger partial charge in [-0.15, -0.1) is 8.07 Å². The quantitative estimate of drug-likeness (QED) is 0.648. The Labute approximate surface area is 162 Å². The van der Waals surface area contributed by atoms with E-state index in [1.807, 2.05) is 13.4 Å². The third kappa shape index (κ3) is 4.00. The van der Waals surface area contributed by atoms with Gasteiger partial charge in [0, 0.05) is 26.7 Å². The number of hydrogen-bond donors (Lipinski definition) is 0. The van der Waals surface area contributed by atoms with Crippen LogP contribution >= 0.6 is 0 Å². The van der Waals surface area contributed by atoms with Crippen LogP contribution in [0, 0.1) is 0 Å². The summed E-state index contributed by atoms with van der Waals surface area (Å²) in [4.78, 5) is 6.94. The van der Waals surface area contributed by atoms with Gasteiger partial charge in [0.1, 0.15) is 0 Å². The maximum atomic E-state index is 6.11. The normalized spacial score (nSPS) is 18.9. The molecule has 5 heteroatoms. The fourth-order valence-corrected chi connectivity index (χ4v) is 5.00. The minimum Gasteiger partial charge on any atom is -0.371 e. The van der Waals surface area contributed by atoms with Crippen LogP contribution in [0.25, 0.3) is 11.0 Å². The van der Waals surface area contributed by atoms with E-state index in [1.54, 1.807) is 0 Å². The maximum Gasteiger partial charge on any atom is 0.0955 e. The van der Waals surface area contributed by atoms with Crippen LogP contribution in [0.1, 0.15) is 17.2 Å². The molecule has 4 nitrogen and oxygen atoms in total. The lowest BCUT2D eigenvalue weighted by Gasteiger charge is -2.34. The molecule has 3 aromatic rings. The van der Waals surface area contributed by atoms with Crippen molar-refractivity contribution >= 4 is 24.3 Å². The number of ether oxygens (including phenoxy) is 1. The van der Waals surface area contributed by atoms with Crippen LogP contribution in [-0.4, -0.2) is 42.2 Å². The number of aromatic nitrogens is 2. The SMILES string of the molecule is Cn1cnc2ccc([C@H]3CN(Cc4cccc([Si-](C)(C)C)c4)CCO3)cc21. The number of rotatable bonds is 4. The van der Waals surface area contributed by atoms with Crippen molar-refractivity contribution in [2.45, 2.75) is 32.3 Å². The minimum absolute atomic E-state index is 0.123. The van der Waals surface area contributed by atoms with Crippen LogP contribution < -0.4 is 5.19 Å². The first-order valence-electron chi connectivity index (χ1n) is 9.74. The lowest BCUT2D eigenvalue weighted by atomic mass is 10.1. The number of aryl methyl sites for hydroxylation is 1. The molecule has 1 saturated heterocycles. The van der Waals surface area contributed by atoms with Crippen molar-refractivity contribution < 1.29 is 4.74 Å². The monoisotopic (exact) mass is 379 g/mol. The molecule has 0 aliphatic carbocycles. The highest BCUT2D eigenvalue weighted by atomic mass is 28.3. The van der Waals surface area contributed by atoms with Crippen molar-refractivity contribution in [1.29, 1.82) is 0 Å². The number of fused-ring (bicyclic) bond motifs is 1. The summed E-state index contributed by atoms with van der Waals surface area (Å²) < 4.78 is 8.18. The van der Waals surface area contributed by atoms with Crippen molar-refractivity contribution in [2.75, 3.05) is 19.7 Å². The first kappa shape index (κ1) is 18.4. The highest BCUT2D eigenvalue weighted by Gasteiger charge is 2.22. The molecule has 143 valence electrons. The van der Waals surface area contributed by atoms with Gasteiger partial charge in [-0.25, -0.2) is 4.98 Å². The summed E-state index contributed by atoms with van der Waals surface area (Å²) in [5.74, 6) is 0. The molecule has 2 heterocycles. The van der Waals surface area contributed by atoms with Gasteiger partial charge in [0.15, 0.2) is 0 Å². The third-order valence-corrected chi connectivity index (χ3v) is 7.51. The molecule has 0 amide bonds. The molecular formula is C22H29N3OSi-. The van der Waals surface area contributed by atoms with E-state index in [0.717, 1.165) is 37.3 Å². The first-order valence-corrected chi connectivity index (χ1v) is 13.2. The second-order valence-corrected chi connectivity index (χ2v) is 13.7. The van der Waals surface area contributed by atoms with Crippen LogP contribution in [0.15, 0.2) is 48.8 Å². The number of hydrogen-bond acceptors (Lipinski definition) is 3. The molecule has 0 radical (unpaired) electrons. The summed E-state index contributed by atoms with van der Waals surface area (Å²) in [5, 5.41) is 1.53. The van der Waals surface area contributed by atoms with Gasteiger partial charge in [-0.2, -0.15) is 24.8 Å². The summed E-state index contributed by atoms with van der Waals surface area (Å²) in [6, 6.07) is 15.7. The molecule has 1 fully saturated rings. The van der Waals surface area contributed by atoms with Crippen molar-refractivity contribution in [3.05, 3.63) is 59.9 Å². The fraction of sp³-hybridized carbons (Fsp3) is 0.409. The predicted molar refractivity (Wildman–Crippen MR) is 114 cm³/mol. The zero-order chi connectivity index (χ0) is 19.0. The number of benzene rings is 2. The minimum atomic E-state index is -1.27. The van der Waals surface area contributed by atoms with Gasteiger partial charge < -0.3 is 9.30 Å². The topological polar surface area (TPSA) is 30.3 Å². The van der Waals surface area contributed by atoms with E-state index in [1.165, 1.54) is 16.3 Å². The first-order chi connectivity index (χ1) is 12.9. The molecule has 0 unspecified atom stereocenters. The van der Waals surface area contributed by atoms with E-state index in [2.05, 4.69) is 76.6 Å². The predicted octanol–water partition coefficient (Wildman–Crippen LogP) is 3.69. The number of imidazole rings is 1.